The molecule has 72 valence electrons. The van der Waals surface area contributed by atoms with Crippen LogP contribution in [0, 0.1) is 11.8 Å². The van der Waals surface area contributed by atoms with Gasteiger partial charge in [-0.05, 0) is 24.8 Å². The van der Waals surface area contributed by atoms with Crippen molar-refractivity contribution in [1.82, 2.24) is 0 Å². The Balaban J connectivity index is 3.74. The van der Waals surface area contributed by atoms with Crippen molar-refractivity contribution in [3.63, 3.8) is 0 Å². The number of nitrogens with two attached hydrogens (primary N) is 1. The average Bonchev–Trinajstić information content (AvgIpc) is 2.02. The second-order valence-electron chi connectivity index (χ2n) is 3.45. The highest BCUT2D eigenvalue weighted by Crippen LogP contribution is 2.16. The van der Waals surface area contributed by atoms with E-state index in [1.54, 1.807) is 0 Å². The lowest BCUT2D eigenvalue weighted by Gasteiger charge is -2.16. The molecule has 0 spiro atoms. The molecule has 0 unspecified atom stereocenters. The molecule has 0 amide bonds. The molecule has 3 N–H and O–H groups in total. The standard InChI is InChI=1S/C9H19NO2/c1-3-7(2)4-8(6-10)5-9(11)12/h7-8H,3-6,10H2,1-2H3,(H,11,12)/t7-,8+/m1/s1. The lowest BCUT2D eigenvalue weighted by Crippen LogP contribution is -2.20. The predicted molar refractivity (Wildman–Crippen MR) is 48.9 cm³/mol. The summed E-state index contributed by atoms with van der Waals surface area (Å²) in [5.41, 5.74) is 5.46. The summed E-state index contributed by atoms with van der Waals surface area (Å²) in [6.45, 7) is 4.72. The summed E-state index contributed by atoms with van der Waals surface area (Å²) in [5, 5.41) is 8.55. The van der Waals surface area contributed by atoms with Gasteiger partial charge in [0.2, 0.25) is 0 Å². The minimum Gasteiger partial charge on any atom is -0.481 e. The molecule has 0 aromatic heterocycles. The zero-order valence-corrected chi connectivity index (χ0v) is 7.92. The van der Waals surface area contributed by atoms with Gasteiger partial charge >= 0.3 is 5.97 Å². The summed E-state index contributed by atoms with van der Waals surface area (Å²) in [5.74, 6) is -0.0101. The molecule has 0 aliphatic rings. The molecule has 0 aromatic rings. The van der Waals surface area contributed by atoms with Gasteiger partial charge in [0.1, 0.15) is 0 Å². The Hall–Kier alpha value is -0.570. The minimum absolute atomic E-state index is 0.150. The van der Waals surface area contributed by atoms with Crippen LogP contribution in [0.15, 0.2) is 0 Å². The molecule has 0 saturated carbocycles. The van der Waals surface area contributed by atoms with Gasteiger partial charge in [-0.15, -0.1) is 0 Å². The van der Waals surface area contributed by atoms with Gasteiger partial charge in [-0.3, -0.25) is 4.79 Å². The summed E-state index contributed by atoms with van der Waals surface area (Å²) in [6.07, 6.45) is 2.23. The normalized spacial score (nSPS) is 15.6. The van der Waals surface area contributed by atoms with E-state index in [0.717, 1.165) is 12.8 Å². The van der Waals surface area contributed by atoms with Crippen molar-refractivity contribution in [3.05, 3.63) is 0 Å². The smallest absolute Gasteiger partial charge is 0.303 e. The highest BCUT2D eigenvalue weighted by Gasteiger charge is 2.13. The van der Waals surface area contributed by atoms with Crippen molar-refractivity contribution in [3.8, 4) is 0 Å². The van der Waals surface area contributed by atoms with Crippen LogP contribution in [0.25, 0.3) is 0 Å². The molecule has 0 rings (SSSR count). The summed E-state index contributed by atoms with van der Waals surface area (Å²) in [7, 11) is 0. The maximum absolute atomic E-state index is 10.4. The van der Waals surface area contributed by atoms with Crippen LogP contribution in [0.2, 0.25) is 0 Å². The third kappa shape index (κ3) is 5.13. The largest absolute Gasteiger partial charge is 0.481 e. The second-order valence-corrected chi connectivity index (χ2v) is 3.45. The molecular formula is C9H19NO2. The highest BCUT2D eigenvalue weighted by molar-refractivity contribution is 5.67. The molecule has 0 fully saturated rings. The molecule has 2 atom stereocenters. The van der Waals surface area contributed by atoms with Gasteiger partial charge in [0, 0.05) is 6.42 Å². The van der Waals surface area contributed by atoms with Gasteiger partial charge in [0.15, 0.2) is 0 Å². The van der Waals surface area contributed by atoms with E-state index < -0.39 is 5.97 Å². The van der Waals surface area contributed by atoms with Crippen LogP contribution < -0.4 is 5.73 Å². The first-order valence-electron chi connectivity index (χ1n) is 4.52. The van der Waals surface area contributed by atoms with E-state index >= 15 is 0 Å². The Bertz CT molecular complexity index is 136. The number of hydrogen-bond acceptors (Lipinski definition) is 2. The van der Waals surface area contributed by atoms with Crippen LogP contribution in [0.3, 0.4) is 0 Å². The number of rotatable bonds is 6. The van der Waals surface area contributed by atoms with Crippen LogP contribution in [0.5, 0.6) is 0 Å². The fraction of sp³-hybridized carbons (Fsp3) is 0.889. The fourth-order valence-electron chi connectivity index (χ4n) is 1.25. The number of hydrogen-bond donors (Lipinski definition) is 2. The molecule has 0 bridgehead atoms. The maximum Gasteiger partial charge on any atom is 0.303 e. The van der Waals surface area contributed by atoms with E-state index in [-0.39, 0.29) is 12.3 Å². The zero-order chi connectivity index (χ0) is 9.56. The molecule has 0 radical (unpaired) electrons. The first-order valence-corrected chi connectivity index (χ1v) is 4.52. The third-order valence-corrected chi connectivity index (χ3v) is 2.23. The molecule has 12 heavy (non-hydrogen) atoms. The monoisotopic (exact) mass is 173 g/mol. The quantitative estimate of drug-likeness (QED) is 0.639. The molecular weight excluding hydrogens is 154 g/mol. The van der Waals surface area contributed by atoms with Crippen LogP contribution in [-0.4, -0.2) is 17.6 Å². The third-order valence-electron chi connectivity index (χ3n) is 2.23. The van der Waals surface area contributed by atoms with Gasteiger partial charge in [-0.1, -0.05) is 20.3 Å². The van der Waals surface area contributed by atoms with Crippen molar-refractivity contribution in [2.75, 3.05) is 6.54 Å². The van der Waals surface area contributed by atoms with Crippen molar-refractivity contribution in [2.45, 2.75) is 33.1 Å². The lowest BCUT2D eigenvalue weighted by molar-refractivity contribution is -0.138. The number of carboxylic acid groups (broad SMARTS) is 1. The Labute approximate surface area is 74.0 Å². The van der Waals surface area contributed by atoms with E-state index in [1.807, 2.05) is 0 Å². The molecule has 0 heterocycles. The van der Waals surface area contributed by atoms with Crippen molar-refractivity contribution in [2.24, 2.45) is 17.6 Å². The van der Waals surface area contributed by atoms with E-state index in [9.17, 15) is 4.79 Å². The van der Waals surface area contributed by atoms with Gasteiger partial charge in [0.25, 0.3) is 0 Å². The number of carboxylic acids is 1. The lowest BCUT2D eigenvalue weighted by atomic mass is 9.92. The minimum atomic E-state index is -0.742. The topological polar surface area (TPSA) is 63.3 Å². The Morgan fingerprint density at radius 2 is 2.17 bits per heavy atom. The summed E-state index contributed by atoms with van der Waals surface area (Å²) < 4.78 is 0. The molecule has 0 aliphatic heterocycles. The maximum atomic E-state index is 10.4. The Morgan fingerprint density at radius 3 is 2.50 bits per heavy atom. The zero-order valence-electron chi connectivity index (χ0n) is 7.92. The molecule has 3 nitrogen and oxygen atoms in total. The van der Waals surface area contributed by atoms with Gasteiger partial charge < -0.3 is 10.8 Å². The van der Waals surface area contributed by atoms with Crippen molar-refractivity contribution in [1.29, 1.82) is 0 Å². The van der Waals surface area contributed by atoms with Crippen molar-refractivity contribution < 1.29 is 9.90 Å². The second kappa shape index (κ2) is 6.00. The van der Waals surface area contributed by atoms with Crippen LogP contribution in [0.1, 0.15) is 33.1 Å². The van der Waals surface area contributed by atoms with Crippen LogP contribution in [0.4, 0.5) is 0 Å². The molecule has 0 aromatic carbocycles. The molecule has 0 saturated heterocycles. The number of carbonyl (C=O) groups is 1. The summed E-state index contributed by atoms with van der Waals surface area (Å²) in [4.78, 5) is 10.4. The average molecular weight is 173 g/mol. The molecule has 0 aliphatic carbocycles. The van der Waals surface area contributed by atoms with Gasteiger partial charge in [0.05, 0.1) is 0 Å². The summed E-state index contributed by atoms with van der Waals surface area (Å²) in [6, 6.07) is 0. The Morgan fingerprint density at radius 1 is 1.58 bits per heavy atom. The SMILES string of the molecule is CC[C@@H](C)C[C@H](CN)CC(=O)O. The van der Waals surface area contributed by atoms with Gasteiger partial charge in [-0.2, -0.15) is 0 Å². The van der Waals surface area contributed by atoms with E-state index in [1.165, 1.54) is 0 Å². The summed E-state index contributed by atoms with van der Waals surface area (Å²) >= 11 is 0. The first-order chi connectivity index (χ1) is 5.60. The Kier molecular flexibility index (Phi) is 5.72. The van der Waals surface area contributed by atoms with Crippen molar-refractivity contribution >= 4 is 5.97 Å². The number of aliphatic carboxylic acids is 1. The van der Waals surface area contributed by atoms with Gasteiger partial charge in [-0.25, -0.2) is 0 Å². The highest BCUT2D eigenvalue weighted by atomic mass is 16.4. The van der Waals surface area contributed by atoms with E-state index in [2.05, 4.69) is 13.8 Å². The van der Waals surface area contributed by atoms with E-state index in [0.29, 0.717) is 12.5 Å². The van der Waals surface area contributed by atoms with Crippen LogP contribution >= 0.6 is 0 Å². The first kappa shape index (κ1) is 11.4. The van der Waals surface area contributed by atoms with Crippen LogP contribution in [-0.2, 0) is 4.79 Å². The molecule has 3 heteroatoms. The van der Waals surface area contributed by atoms with E-state index in [4.69, 9.17) is 10.8 Å². The predicted octanol–water partition coefficient (Wildman–Crippen LogP) is 1.47. The fourth-order valence-corrected chi connectivity index (χ4v) is 1.25.